The molecule has 0 aromatic heterocycles. The predicted molar refractivity (Wildman–Crippen MR) is 73.3 cm³/mol. The summed E-state index contributed by atoms with van der Waals surface area (Å²) in [5.74, 6) is 0. The Bertz CT molecular complexity index is 595. The number of nitrogen functional groups attached to an aromatic ring is 1. The smallest absolute Gasteiger partial charge is 0.397 e. The Morgan fingerprint density at radius 1 is 1.25 bits per heavy atom. The molecule has 0 heterocycles. The van der Waals surface area contributed by atoms with Gasteiger partial charge in [-0.15, -0.1) is 0 Å². The fourth-order valence-electron chi connectivity index (χ4n) is 1.34. The highest BCUT2D eigenvalue weighted by Gasteiger charge is 2.32. The topological polar surface area (TPSA) is 72.2 Å². The third kappa shape index (κ3) is 3.78. The minimum Gasteiger partial charge on any atom is -0.397 e. The van der Waals surface area contributed by atoms with E-state index in [-0.39, 0.29) is 17.9 Å². The van der Waals surface area contributed by atoms with Crippen LogP contribution in [0.3, 0.4) is 0 Å². The second-order valence-electron chi connectivity index (χ2n) is 5.19. The van der Waals surface area contributed by atoms with Crippen LogP contribution in [-0.2, 0) is 16.0 Å². The number of hydrogen-bond donors (Lipinski definition) is 2. The Morgan fingerprint density at radius 2 is 1.80 bits per heavy atom. The van der Waals surface area contributed by atoms with Crippen LogP contribution in [0.1, 0.15) is 19.4 Å². The van der Waals surface area contributed by atoms with Crippen molar-refractivity contribution in [3.63, 3.8) is 0 Å². The molecule has 114 valence electrons. The van der Waals surface area contributed by atoms with Gasteiger partial charge in [-0.3, -0.25) is 0 Å². The van der Waals surface area contributed by atoms with Gasteiger partial charge in [0.1, 0.15) is 0 Å². The van der Waals surface area contributed by atoms with Crippen molar-refractivity contribution < 1.29 is 21.6 Å². The van der Waals surface area contributed by atoms with Crippen LogP contribution in [0.5, 0.6) is 0 Å². The van der Waals surface area contributed by atoms with Crippen molar-refractivity contribution in [2.45, 2.75) is 24.8 Å². The van der Waals surface area contributed by atoms with Crippen LogP contribution in [0, 0.1) is 0 Å². The number of rotatable bonds is 4. The fourth-order valence-corrected chi connectivity index (χ4v) is 1.67. The molecule has 0 fully saturated rings. The normalized spacial score (nSPS) is 13.3. The van der Waals surface area contributed by atoms with Gasteiger partial charge >= 0.3 is 6.18 Å². The van der Waals surface area contributed by atoms with Gasteiger partial charge in [0.05, 0.1) is 21.7 Å². The van der Waals surface area contributed by atoms with Crippen LogP contribution in [0.4, 0.5) is 24.5 Å². The van der Waals surface area contributed by atoms with E-state index in [1.165, 1.54) is 19.9 Å². The summed E-state index contributed by atoms with van der Waals surface area (Å²) in [6, 6.07) is 2.90. The summed E-state index contributed by atoms with van der Waals surface area (Å²) in [6.45, 7) is 3.09. The summed E-state index contributed by atoms with van der Waals surface area (Å²) in [4.78, 5) is 0. The monoisotopic (exact) mass is 310 g/mol. The number of nitrogens with one attached hydrogen (secondary N) is 1. The molecule has 0 aliphatic heterocycles. The molecule has 3 N–H and O–H groups in total. The molecule has 0 aliphatic rings. The maximum atomic E-state index is 12.5. The van der Waals surface area contributed by atoms with Crippen molar-refractivity contribution in [1.29, 1.82) is 0 Å². The Labute approximate surface area is 116 Å². The van der Waals surface area contributed by atoms with Gasteiger partial charge < -0.3 is 11.1 Å². The first-order chi connectivity index (χ1) is 8.84. The standard InChI is InChI=1S/C12H17F3N2O2S/c1-11(2,20(3,18)19)7-17-10-5-4-8(6-9(10)16)12(13,14)15/h4-6,17H,7,16H2,1-3H3. The third-order valence-corrected chi connectivity index (χ3v) is 5.24. The van der Waals surface area contributed by atoms with Crippen molar-refractivity contribution in [2.75, 3.05) is 23.9 Å². The number of nitrogens with two attached hydrogens (primary N) is 1. The van der Waals surface area contributed by atoms with Gasteiger partial charge in [0, 0.05) is 12.8 Å². The number of alkyl halides is 3. The van der Waals surface area contributed by atoms with Crippen molar-refractivity contribution in [2.24, 2.45) is 0 Å². The minimum atomic E-state index is -4.46. The van der Waals surface area contributed by atoms with E-state index < -0.39 is 26.3 Å². The number of anilines is 2. The average Bonchev–Trinajstić information content (AvgIpc) is 2.24. The molecule has 0 unspecified atom stereocenters. The maximum Gasteiger partial charge on any atom is 0.416 e. The van der Waals surface area contributed by atoms with E-state index in [4.69, 9.17) is 5.73 Å². The molecule has 4 nitrogen and oxygen atoms in total. The van der Waals surface area contributed by atoms with Crippen LogP contribution in [0.25, 0.3) is 0 Å². The molecule has 0 bridgehead atoms. The summed E-state index contributed by atoms with van der Waals surface area (Å²) >= 11 is 0. The van der Waals surface area contributed by atoms with Crippen LogP contribution >= 0.6 is 0 Å². The van der Waals surface area contributed by atoms with Gasteiger partial charge in [0.15, 0.2) is 9.84 Å². The van der Waals surface area contributed by atoms with Gasteiger partial charge in [-0.05, 0) is 32.0 Å². The molecule has 1 rings (SSSR count). The number of hydrogen-bond acceptors (Lipinski definition) is 4. The lowest BCUT2D eigenvalue weighted by molar-refractivity contribution is -0.137. The van der Waals surface area contributed by atoms with Gasteiger partial charge in [-0.2, -0.15) is 13.2 Å². The third-order valence-electron chi connectivity index (χ3n) is 3.09. The molecule has 0 saturated heterocycles. The van der Waals surface area contributed by atoms with Crippen molar-refractivity contribution in [3.05, 3.63) is 23.8 Å². The van der Waals surface area contributed by atoms with E-state index in [1.807, 2.05) is 0 Å². The van der Waals surface area contributed by atoms with Crippen molar-refractivity contribution >= 4 is 21.2 Å². The summed E-state index contributed by atoms with van der Waals surface area (Å²) in [5.41, 5.74) is 4.89. The lowest BCUT2D eigenvalue weighted by Gasteiger charge is -2.24. The van der Waals surface area contributed by atoms with Crippen molar-refractivity contribution in [1.82, 2.24) is 0 Å². The van der Waals surface area contributed by atoms with E-state index in [0.717, 1.165) is 18.4 Å². The maximum absolute atomic E-state index is 12.5. The highest BCUT2D eigenvalue weighted by Crippen LogP contribution is 2.33. The Morgan fingerprint density at radius 3 is 2.20 bits per heavy atom. The number of halogens is 3. The van der Waals surface area contributed by atoms with E-state index >= 15 is 0 Å². The first kappa shape index (κ1) is 16.6. The highest BCUT2D eigenvalue weighted by atomic mass is 32.2. The van der Waals surface area contributed by atoms with Crippen LogP contribution in [0.2, 0.25) is 0 Å². The molecular formula is C12H17F3N2O2S. The first-order valence-electron chi connectivity index (χ1n) is 5.75. The molecule has 0 aliphatic carbocycles. The molecule has 0 radical (unpaired) electrons. The van der Waals surface area contributed by atoms with E-state index in [2.05, 4.69) is 5.32 Å². The molecule has 1 aromatic rings. The quantitative estimate of drug-likeness (QED) is 0.838. The van der Waals surface area contributed by atoms with E-state index in [1.54, 1.807) is 0 Å². The van der Waals surface area contributed by atoms with Crippen LogP contribution in [0.15, 0.2) is 18.2 Å². The number of sulfone groups is 1. The summed E-state index contributed by atoms with van der Waals surface area (Å²) in [6.07, 6.45) is -3.36. The molecule has 1 aromatic carbocycles. The molecule has 0 amide bonds. The largest absolute Gasteiger partial charge is 0.416 e. The zero-order valence-electron chi connectivity index (χ0n) is 11.4. The molecule has 0 saturated carbocycles. The van der Waals surface area contributed by atoms with Crippen LogP contribution < -0.4 is 11.1 Å². The molecule has 0 spiro atoms. The molecule has 0 atom stereocenters. The lowest BCUT2D eigenvalue weighted by Crippen LogP contribution is -2.38. The lowest BCUT2D eigenvalue weighted by atomic mass is 10.1. The Hall–Kier alpha value is -1.44. The average molecular weight is 310 g/mol. The Balaban J connectivity index is 2.91. The summed E-state index contributed by atoms with van der Waals surface area (Å²) in [5, 5.41) is 2.77. The minimum absolute atomic E-state index is 0.0431. The zero-order valence-corrected chi connectivity index (χ0v) is 12.2. The predicted octanol–water partition coefficient (Wildman–Crippen LogP) is 2.52. The van der Waals surface area contributed by atoms with Gasteiger partial charge in [0.2, 0.25) is 0 Å². The van der Waals surface area contributed by atoms with Crippen LogP contribution in [-0.4, -0.2) is 26.0 Å². The summed E-state index contributed by atoms with van der Waals surface area (Å²) in [7, 11) is -3.30. The second-order valence-corrected chi connectivity index (χ2v) is 7.83. The highest BCUT2D eigenvalue weighted by molar-refractivity contribution is 7.92. The first-order valence-corrected chi connectivity index (χ1v) is 7.64. The second kappa shape index (κ2) is 5.16. The van der Waals surface area contributed by atoms with Crippen molar-refractivity contribution in [3.8, 4) is 0 Å². The van der Waals surface area contributed by atoms with Gasteiger partial charge in [-0.1, -0.05) is 0 Å². The van der Waals surface area contributed by atoms with Gasteiger partial charge in [-0.25, -0.2) is 8.42 Å². The Kier molecular flexibility index (Phi) is 4.28. The molecule has 20 heavy (non-hydrogen) atoms. The number of benzene rings is 1. The SMILES string of the molecule is CC(C)(CNc1ccc(C(F)(F)F)cc1N)S(C)(=O)=O. The molecule has 8 heteroatoms. The zero-order chi connectivity index (χ0) is 15.8. The summed E-state index contributed by atoms with van der Waals surface area (Å²) < 4.78 is 59.4. The fraction of sp³-hybridized carbons (Fsp3) is 0.500. The molecular weight excluding hydrogens is 293 g/mol. The van der Waals surface area contributed by atoms with Gasteiger partial charge in [0.25, 0.3) is 0 Å². The van der Waals surface area contributed by atoms with E-state index in [9.17, 15) is 21.6 Å². The van der Waals surface area contributed by atoms with E-state index in [0.29, 0.717) is 0 Å².